The van der Waals surface area contributed by atoms with E-state index in [1.54, 1.807) is 12.1 Å². The molecule has 1 N–H and O–H groups in total. The van der Waals surface area contributed by atoms with E-state index < -0.39 is 11.9 Å². The van der Waals surface area contributed by atoms with Gasteiger partial charge in [0.05, 0.1) is 5.69 Å². The largest absolute Gasteiger partial charge is 0.478 e. The van der Waals surface area contributed by atoms with Gasteiger partial charge in [0, 0.05) is 18.3 Å². The molecule has 1 aliphatic carbocycles. The number of nitrogens with zero attached hydrogens (tertiary/aromatic N) is 1. The van der Waals surface area contributed by atoms with Crippen LogP contribution in [0, 0.1) is 0 Å². The Kier molecular flexibility index (Phi) is 4.74. The molecule has 0 amide bonds. The second-order valence-electron chi connectivity index (χ2n) is 6.99. The Hall–Kier alpha value is -3.34. The Morgan fingerprint density at radius 3 is 2.46 bits per heavy atom. The number of aromatic carboxylic acids is 1. The lowest BCUT2D eigenvalue weighted by atomic mass is 9.98. The quantitative estimate of drug-likeness (QED) is 0.532. The molecular weight excluding hydrogens is 354 g/mol. The molecule has 0 fully saturated rings. The third kappa shape index (κ3) is 3.31. The number of carbonyl (C=O) groups is 2. The van der Waals surface area contributed by atoms with Crippen molar-refractivity contribution in [2.45, 2.75) is 32.6 Å². The molecule has 28 heavy (non-hydrogen) atoms. The number of carboxylic acid groups (broad SMARTS) is 1. The molecule has 0 aliphatic heterocycles. The fourth-order valence-corrected chi connectivity index (χ4v) is 3.88. The number of aryl methyl sites for hydroxylation is 1. The zero-order valence-electron chi connectivity index (χ0n) is 15.6. The van der Waals surface area contributed by atoms with E-state index in [1.807, 2.05) is 24.3 Å². The van der Waals surface area contributed by atoms with Crippen LogP contribution in [-0.4, -0.2) is 21.6 Å². The van der Waals surface area contributed by atoms with Crippen molar-refractivity contribution in [2.24, 2.45) is 0 Å². The second-order valence-corrected chi connectivity index (χ2v) is 6.99. The van der Waals surface area contributed by atoms with Crippen LogP contribution in [0.25, 0.3) is 16.9 Å². The van der Waals surface area contributed by atoms with Gasteiger partial charge < -0.3 is 14.4 Å². The molecule has 0 saturated heterocycles. The van der Waals surface area contributed by atoms with Gasteiger partial charge in [0.2, 0.25) is 0 Å². The number of carboxylic acids is 1. The number of carbonyl (C=O) groups excluding carboxylic acids is 1. The molecule has 5 heteroatoms. The summed E-state index contributed by atoms with van der Waals surface area (Å²) in [5.41, 5.74) is 5.40. The summed E-state index contributed by atoms with van der Waals surface area (Å²) < 4.78 is 7.22. The molecule has 2 aromatic carbocycles. The highest BCUT2D eigenvalue weighted by atomic mass is 16.5. The van der Waals surface area contributed by atoms with Crippen molar-refractivity contribution >= 4 is 11.9 Å². The van der Waals surface area contributed by atoms with Gasteiger partial charge in [0.25, 0.3) is 0 Å². The Morgan fingerprint density at radius 1 is 1.00 bits per heavy atom. The molecule has 1 aliphatic rings. The maximum absolute atomic E-state index is 11.8. The average molecular weight is 375 g/mol. The van der Waals surface area contributed by atoms with Gasteiger partial charge in [-0.3, -0.25) is 4.79 Å². The van der Waals surface area contributed by atoms with E-state index in [9.17, 15) is 14.7 Å². The van der Waals surface area contributed by atoms with E-state index in [4.69, 9.17) is 4.74 Å². The fourth-order valence-electron chi connectivity index (χ4n) is 3.88. The third-order valence-electron chi connectivity index (χ3n) is 5.08. The number of aromatic nitrogens is 1. The van der Waals surface area contributed by atoms with Crippen molar-refractivity contribution in [1.29, 1.82) is 0 Å². The Balaban J connectivity index is 1.91. The fraction of sp³-hybridized carbons (Fsp3) is 0.217. The summed E-state index contributed by atoms with van der Waals surface area (Å²) in [4.78, 5) is 23.1. The number of benzene rings is 2. The minimum absolute atomic E-state index is 0.0232. The molecule has 0 radical (unpaired) electrons. The molecule has 142 valence electrons. The standard InChI is InChI=1S/C23H21NO4/c1-15(25)28-22-12-11-18(14-19(22)23(26)27)24-20-10-6-5-9-17(20)13-21(24)16-7-3-2-4-8-16/h2-4,7-8,11-14H,5-6,9-10H2,1H3,(H,26,27). The third-order valence-corrected chi connectivity index (χ3v) is 5.08. The molecule has 0 saturated carbocycles. The first-order chi connectivity index (χ1) is 13.5. The Labute approximate surface area is 163 Å². The van der Waals surface area contributed by atoms with Gasteiger partial charge >= 0.3 is 11.9 Å². The van der Waals surface area contributed by atoms with Crippen LogP contribution < -0.4 is 4.74 Å². The molecule has 0 atom stereocenters. The first kappa shape index (κ1) is 18.0. The summed E-state index contributed by atoms with van der Waals surface area (Å²) in [5, 5.41) is 9.62. The number of esters is 1. The van der Waals surface area contributed by atoms with Crippen molar-refractivity contribution in [3.05, 3.63) is 71.4 Å². The predicted molar refractivity (Wildman–Crippen MR) is 106 cm³/mol. The van der Waals surface area contributed by atoms with Gasteiger partial charge in [0.1, 0.15) is 11.3 Å². The predicted octanol–water partition coefficient (Wildman–Crippen LogP) is 4.65. The van der Waals surface area contributed by atoms with Crippen LogP contribution in [0.1, 0.15) is 41.4 Å². The molecule has 3 aromatic rings. The van der Waals surface area contributed by atoms with Crippen molar-refractivity contribution in [2.75, 3.05) is 0 Å². The zero-order valence-corrected chi connectivity index (χ0v) is 15.6. The molecule has 0 spiro atoms. The lowest BCUT2D eigenvalue weighted by molar-refractivity contribution is -0.131. The van der Waals surface area contributed by atoms with Crippen LogP contribution in [0.5, 0.6) is 5.75 Å². The topological polar surface area (TPSA) is 68.5 Å². The minimum atomic E-state index is -1.12. The van der Waals surface area contributed by atoms with Crippen molar-refractivity contribution < 1.29 is 19.4 Å². The van der Waals surface area contributed by atoms with E-state index in [-0.39, 0.29) is 11.3 Å². The summed E-state index contributed by atoms with van der Waals surface area (Å²) in [5.74, 6) is -1.61. The average Bonchev–Trinajstić information content (AvgIpc) is 3.08. The number of hydrogen-bond donors (Lipinski definition) is 1. The number of hydrogen-bond acceptors (Lipinski definition) is 3. The lowest BCUT2D eigenvalue weighted by Crippen LogP contribution is -2.11. The first-order valence-electron chi connectivity index (χ1n) is 9.39. The maximum atomic E-state index is 11.8. The normalized spacial score (nSPS) is 13.0. The van der Waals surface area contributed by atoms with E-state index in [0.29, 0.717) is 0 Å². The maximum Gasteiger partial charge on any atom is 0.339 e. The van der Waals surface area contributed by atoms with Gasteiger partial charge in [-0.05, 0) is 61.1 Å². The lowest BCUT2D eigenvalue weighted by Gasteiger charge is -2.18. The Bertz CT molecular complexity index is 1050. The van der Waals surface area contributed by atoms with E-state index in [2.05, 4.69) is 22.8 Å². The summed E-state index contributed by atoms with van der Waals surface area (Å²) in [6.45, 7) is 1.26. The van der Waals surface area contributed by atoms with Gasteiger partial charge in [-0.1, -0.05) is 30.3 Å². The number of rotatable bonds is 4. The molecular formula is C23H21NO4. The van der Waals surface area contributed by atoms with Gasteiger partial charge in [-0.15, -0.1) is 0 Å². The first-order valence-corrected chi connectivity index (χ1v) is 9.39. The SMILES string of the molecule is CC(=O)Oc1ccc(-n2c(-c3ccccc3)cc3c2CCCC3)cc1C(=O)O. The molecule has 0 bridgehead atoms. The van der Waals surface area contributed by atoms with Crippen LogP contribution >= 0.6 is 0 Å². The van der Waals surface area contributed by atoms with E-state index in [0.717, 1.165) is 42.6 Å². The van der Waals surface area contributed by atoms with Crippen LogP contribution in [0.3, 0.4) is 0 Å². The van der Waals surface area contributed by atoms with Crippen LogP contribution in [-0.2, 0) is 17.6 Å². The highest BCUT2D eigenvalue weighted by Gasteiger charge is 2.22. The van der Waals surface area contributed by atoms with Gasteiger partial charge in [0.15, 0.2) is 0 Å². The van der Waals surface area contributed by atoms with Crippen LogP contribution in [0.15, 0.2) is 54.6 Å². The van der Waals surface area contributed by atoms with Crippen molar-refractivity contribution in [1.82, 2.24) is 4.57 Å². The number of ether oxygens (including phenoxy) is 1. The van der Waals surface area contributed by atoms with E-state index >= 15 is 0 Å². The monoisotopic (exact) mass is 375 g/mol. The summed E-state index contributed by atoms with van der Waals surface area (Å²) in [7, 11) is 0. The molecule has 5 nitrogen and oxygen atoms in total. The van der Waals surface area contributed by atoms with Gasteiger partial charge in [-0.25, -0.2) is 4.79 Å². The highest BCUT2D eigenvalue weighted by Crippen LogP contribution is 2.35. The highest BCUT2D eigenvalue weighted by molar-refractivity contribution is 5.92. The second kappa shape index (κ2) is 7.35. The molecule has 1 heterocycles. The summed E-state index contributed by atoms with van der Waals surface area (Å²) >= 11 is 0. The molecule has 0 unspecified atom stereocenters. The van der Waals surface area contributed by atoms with Crippen molar-refractivity contribution in [3.8, 4) is 22.7 Å². The van der Waals surface area contributed by atoms with E-state index in [1.165, 1.54) is 18.2 Å². The Morgan fingerprint density at radius 2 is 1.75 bits per heavy atom. The van der Waals surface area contributed by atoms with Crippen molar-refractivity contribution in [3.63, 3.8) is 0 Å². The van der Waals surface area contributed by atoms with Gasteiger partial charge in [-0.2, -0.15) is 0 Å². The summed E-state index contributed by atoms with van der Waals surface area (Å²) in [6.07, 6.45) is 4.26. The zero-order chi connectivity index (χ0) is 19.7. The smallest absolute Gasteiger partial charge is 0.339 e. The molecule has 1 aromatic heterocycles. The minimum Gasteiger partial charge on any atom is -0.478 e. The van der Waals surface area contributed by atoms with Crippen LogP contribution in [0.4, 0.5) is 0 Å². The van der Waals surface area contributed by atoms with Crippen LogP contribution in [0.2, 0.25) is 0 Å². The molecule has 4 rings (SSSR count). The summed E-state index contributed by atoms with van der Waals surface area (Å²) in [6, 6.07) is 17.3. The number of fused-ring (bicyclic) bond motifs is 1.